The molecule has 1 heterocycles. The number of benzene rings is 1. The molecule has 1 saturated heterocycles. The van der Waals surface area contributed by atoms with Gasteiger partial charge in [-0.05, 0) is 30.7 Å². The third-order valence-electron chi connectivity index (χ3n) is 2.38. The highest BCUT2D eigenvalue weighted by molar-refractivity contribution is 5.20. The summed E-state index contributed by atoms with van der Waals surface area (Å²) in [4.78, 5) is 0. The third kappa shape index (κ3) is 1.70. The Labute approximate surface area is 75.8 Å². The van der Waals surface area contributed by atoms with Crippen molar-refractivity contribution in [3.05, 3.63) is 35.6 Å². The summed E-state index contributed by atoms with van der Waals surface area (Å²) in [5.41, 5.74) is 0.428. The molecule has 1 aromatic rings. The Hall–Kier alpha value is -0.960. The van der Waals surface area contributed by atoms with Gasteiger partial charge in [0.1, 0.15) is 12.0 Å². The molecule has 0 amide bonds. The van der Waals surface area contributed by atoms with E-state index in [1.807, 2.05) is 0 Å². The van der Waals surface area contributed by atoms with Crippen molar-refractivity contribution in [1.29, 1.82) is 0 Å². The van der Waals surface area contributed by atoms with Crippen LogP contribution < -0.4 is 5.32 Å². The fraction of sp³-hybridized carbons (Fsp3) is 0.400. The van der Waals surface area contributed by atoms with Crippen LogP contribution in [0.3, 0.4) is 0 Å². The maximum absolute atomic E-state index is 13.5. The van der Waals surface area contributed by atoms with E-state index in [1.54, 1.807) is 6.07 Å². The molecule has 2 rings (SSSR count). The molecular weight excluding hydrogens is 172 g/mol. The SMILES string of the molecule is Fc1cccc(C(F)C2CCN2)c1. The molecule has 0 aromatic heterocycles. The molecule has 0 aliphatic carbocycles. The van der Waals surface area contributed by atoms with Gasteiger partial charge < -0.3 is 5.32 Å². The number of hydrogen-bond acceptors (Lipinski definition) is 1. The van der Waals surface area contributed by atoms with E-state index in [9.17, 15) is 8.78 Å². The van der Waals surface area contributed by atoms with Gasteiger partial charge in [-0.25, -0.2) is 8.78 Å². The van der Waals surface area contributed by atoms with Gasteiger partial charge in [-0.1, -0.05) is 12.1 Å². The van der Waals surface area contributed by atoms with Crippen LogP contribution in [-0.4, -0.2) is 12.6 Å². The fourth-order valence-electron chi connectivity index (χ4n) is 1.47. The molecule has 3 heteroatoms. The highest BCUT2D eigenvalue weighted by Gasteiger charge is 2.27. The van der Waals surface area contributed by atoms with Crippen LogP contribution in [-0.2, 0) is 0 Å². The Morgan fingerprint density at radius 3 is 2.77 bits per heavy atom. The largest absolute Gasteiger partial charge is 0.311 e. The van der Waals surface area contributed by atoms with Crippen LogP contribution in [0.15, 0.2) is 24.3 Å². The van der Waals surface area contributed by atoms with Gasteiger partial charge in [0.05, 0.1) is 0 Å². The quantitative estimate of drug-likeness (QED) is 0.741. The van der Waals surface area contributed by atoms with Crippen molar-refractivity contribution < 1.29 is 8.78 Å². The maximum atomic E-state index is 13.5. The van der Waals surface area contributed by atoms with Gasteiger partial charge in [-0.15, -0.1) is 0 Å². The number of alkyl halides is 1. The highest BCUT2D eigenvalue weighted by Crippen LogP contribution is 2.26. The van der Waals surface area contributed by atoms with Gasteiger partial charge in [0.25, 0.3) is 0 Å². The van der Waals surface area contributed by atoms with Crippen LogP contribution in [0.4, 0.5) is 8.78 Å². The minimum absolute atomic E-state index is 0.123. The second kappa shape index (κ2) is 3.42. The lowest BCUT2D eigenvalue weighted by Crippen LogP contribution is -2.45. The van der Waals surface area contributed by atoms with Crippen molar-refractivity contribution in [2.45, 2.75) is 18.6 Å². The van der Waals surface area contributed by atoms with Crippen LogP contribution in [0.2, 0.25) is 0 Å². The van der Waals surface area contributed by atoms with Crippen molar-refractivity contribution in [2.24, 2.45) is 0 Å². The fourth-order valence-corrected chi connectivity index (χ4v) is 1.47. The molecular formula is C10H11F2N. The summed E-state index contributed by atoms with van der Waals surface area (Å²) in [6.07, 6.45) is -0.248. The van der Waals surface area contributed by atoms with E-state index in [-0.39, 0.29) is 11.9 Å². The first-order chi connectivity index (χ1) is 6.27. The molecule has 1 fully saturated rings. The molecule has 1 aliphatic heterocycles. The van der Waals surface area contributed by atoms with Crippen LogP contribution >= 0.6 is 0 Å². The van der Waals surface area contributed by atoms with Gasteiger partial charge in [-0.2, -0.15) is 0 Å². The molecule has 0 saturated carbocycles. The Morgan fingerprint density at radius 1 is 1.46 bits per heavy atom. The van der Waals surface area contributed by atoms with Gasteiger partial charge >= 0.3 is 0 Å². The molecule has 2 unspecified atom stereocenters. The van der Waals surface area contributed by atoms with Crippen molar-refractivity contribution in [2.75, 3.05) is 6.54 Å². The van der Waals surface area contributed by atoms with Gasteiger partial charge in [0, 0.05) is 6.04 Å². The summed E-state index contributed by atoms with van der Waals surface area (Å²) < 4.78 is 26.3. The summed E-state index contributed by atoms with van der Waals surface area (Å²) in [5.74, 6) is -0.375. The summed E-state index contributed by atoms with van der Waals surface area (Å²) in [5, 5.41) is 2.97. The van der Waals surface area contributed by atoms with Crippen molar-refractivity contribution >= 4 is 0 Å². The normalized spacial score (nSPS) is 23.7. The lowest BCUT2D eigenvalue weighted by molar-refractivity contribution is 0.194. The lowest BCUT2D eigenvalue weighted by Gasteiger charge is -2.30. The van der Waals surface area contributed by atoms with Gasteiger partial charge in [0.2, 0.25) is 0 Å². The second-order valence-corrected chi connectivity index (χ2v) is 3.31. The molecule has 1 nitrogen and oxygen atoms in total. The van der Waals surface area contributed by atoms with Crippen LogP contribution in [0.25, 0.3) is 0 Å². The Morgan fingerprint density at radius 2 is 2.23 bits per heavy atom. The van der Waals surface area contributed by atoms with Crippen molar-refractivity contribution in [3.63, 3.8) is 0 Å². The molecule has 0 bridgehead atoms. The predicted octanol–water partition coefficient (Wildman–Crippen LogP) is 2.20. The summed E-state index contributed by atoms with van der Waals surface area (Å²) in [6.45, 7) is 0.862. The highest BCUT2D eigenvalue weighted by atomic mass is 19.1. The molecule has 1 aliphatic rings. The molecule has 70 valence electrons. The first-order valence-corrected chi connectivity index (χ1v) is 4.40. The van der Waals surface area contributed by atoms with E-state index < -0.39 is 6.17 Å². The van der Waals surface area contributed by atoms with Crippen molar-refractivity contribution in [1.82, 2.24) is 5.32 Å². The molecule has 1 aromatic carbocycles. The maximum Gasteiger partial charge on any atom is 0.140 e. The molecule has 0 radical (unpaired) electrons. The van der Waals surface area contributed by atoms with Crippen LogP contribution in [0.5, 0.6) is 0 Å². The molecule has 1 N–H and O–H groups in total. The number of hydrogen-bond donors (Lipinski definition) is 1. The molecule has 13 heavy (non-hydrogen) atoms. The number of halogens is 2. The monoisotopic (exact) mass is 183 g/mol. The zero-order chi connectivity index (χ0) is 9.26. The Balaban J connectivity index is 2.14. The average Bonchev–Trinajstić information content (AvgIpc) is 2.01. The zero-order valence-electron chi connectivity index (χ0n) is 7.13. The van der Waals surface area contributed by atoms with Crippen molar-refractivity contribution in [3.8, 4) is 0 Å². The first-order valence-electron chi connectivity index (χ1n) is 4.40. The minimum atomic E-state index is -1.08. The van der Waals surface area contributed by atoms with E-state index >= 15 is 0 Å². The zero-order valence-corrected chi connectivity index (χ0v) is 7.13. The second-order valence-electron chi connectivity index (χ2n) is 3.31. The minimum Gasteiger partial charge on any atom is -0.311 e. The van der Waals surface area contributed by atoms with Crippen LogP contribution in [0, 0.1) is 5.82 Å². The standard InChI is InChI=1S/C10H11F2N/c11-8-3-1-2-7(6-8)10(12)9-4-5-13-9/h1-3,6,9-10,13H,4-5H2. The van der Waals surface area contributed by atoms with Gasteiger partial charge in [0.15, 0.2) is 0 Å². The Kier molecular flexibility index (Phi) is 2.27. The van der Waals surface area contributed by atoms with E-state index in [0.29, 0.717) is 5.56 Å². The molecule has 2 atom stereocenters. The predicted molar refractivity (Wildman–Crippen MR) is 46.7 cm³/mol. The third-order valence-corrected chi connectivity index (χ3v) is 2.38. The smallest absolute Gasteiger partial charge is 0.140 e. The summed E-state index contributed by atoms with van der Waals surface area (Å²) in [7, 11) is 0. The van der Waals surface area contributed by atoms with E-state index in [2.05, 4.69) is 5.32 Å². The average molecular weight is 183 g/mol. The van der Waals surface area contributed by atoms with Gasteiger partial charge in [-0.3, -0.25) is 0 Å². The lowest BCUT2D eigenvalue weighted by atomic mass is 9.96. The van der Waals surface area contributed by atoms with E-state index in [1.165, 1.54) is 18.2 Å². The summed E-state index contributed by atoms with van der Waals surface area (Å²) in [6, 6.07) is 5.61. The topological polar surface area (TPSA) is 12.0 Å². The number of rotatable bonds is 2. The van der Waals surface area contributed by atoms with E-state index in [4.69, 9.17) is 0 Å². The van der Waals surface area contributed by atoms with Crippen LogP contribution in [0.1, 0.15) is 18.2 Å². The molecule has 0 spiro atoms. The number of nitrogens with one attached hydrogen (secondary N) is 1. The van der Waals surface area contributed by atoms with E-state index in [0.717, 1.165) is 13.0 Å². The Bertz CT molecular complexity index is 297. The first kappa shape index (κ1) is 8.63. The summed E-state index contributed by atoms with van der Waals surface area (Å²) >= 11 is 0.